The number of ether oxygens (including phenoxy) is 1. The van der Waals surface area contributed by atoms with Gasteiger partial charge in [0.15, 0.2) is 0 Å². The van der Waals surface area contributed by atoms with Crippen molar-refractivity contribution in [2.75, 3.05) is 7.11 Å². The number of fused-ring (bicyclic) bond motifs is 1. The predicted molar refractivity (Wildman–Crippen MR) is 57.5 cm³/mol. The molecule has 0 saturated heterocycles. The van der Waals surface area contributed by atoms with Crippen LogP contribution in [0.4, 0.5) is 0 Å². The van der Waals surface area contributed by atoms with Gasteiger partial charge in [-0.25, -0.2) is 9.48 Å². The molecule has 0 atom stereocenters. The number of hydrogen-bond donors (Lipinski definition) is 0. The van der Waals surface area contributed by atoms with E-state index in [-0.39, 0.29) is 5.97 Å². The van der Waals surface area contributed by atoms with Gasteiger partial charge >= 0.3 is 5.97 Å². The highest BCUT2D eigenvalue weighted by Crippen LogP contribution is 2.23. The van der Waals surface area contributed by atoms with Crippen LogP contribution in [0.3, 0.4) is 0 Å². The van der Waals surface area contributed by atoms with E-state index in [1.165, 1.54) is 7.11 Å². The minimum Gasteiger partial charge on any atom is -0.465 e. The molecule has 0 spiro atoms. The van der Waals surface area contributed by atoms with Crippen molar-refractivity contribution in [1.29, 1.82) is 0 Å². The van der Waals surface area contributed by atoms with Crippen LogP contribution in [-0.4, -0.2) is 28.1 Å². The van der Waals surface area contributed by atoms with Crippen molar-refractivity contribution in [3.63, 3.8) is 0 Å². The number of aromatic nitrogens is 3. The molecule has 5 nitrogen and oxygen atoms in total. The Kier molecular flexibility index (Phi) is 2.44. The van der Waals surface area contributed by atoms with Crippen LogP contribution in [0.15, 0.2) is 16.6 Å². The zero-order chi connectivity index (χ0) is 11.0. The maximum Gasteiger partial charge on any atom is 0.337 e. The monoisotopic (exact) mass is 269 g/mol. The molecule has 0 radical (unpaired) electrons. The number of nitrogens with zero attached hydrogens (tertiary/aromatic N) is 3. The zero-order valence-corrected chi connectivity index (χ0v) is 9.78. The summed E-state index contributed by atoms with van der Waals surface area (Å²) in [5, 5.41) is 7.83. The van der Waals surface area contributed by atoms with Crippen LogP contribution < -0.4 is 0 Å². The van der Waals surface area contributed by atoms with Gasteiger partial charge in [-0.1, -0.05) is 5.21 Å². The summed E-state index contributed by atoms with van der Waals surface area (Å²) in [7, 11) is 3.12. The first-order valence-electron chi connectivity index (χ1n) is 4.20. The minimum absolute atomic E-state index is 0.376. The highest BCUT2D eigenvalue weighted by molar-refractivity contribution is 9.10. The Hall–Kier alpha value is -1.43. The van der Waals surface area contributed by atoms with Crippen molar-refractivity contribution >= 4 is 32.9 Å². The third-order valence-electron chi connectivity index (χ3n) is 2.09. The number of halogens is 1. The maximum absolute atomic E-state index is 11.3. The molecular formula is C9H8BrN3O2. The van der Waals surface area contributed by atoms with Gasteiger partial charge in [0.2, 0.25) is 0 Å². The lowest BCUT2D eigenvalue weighted by Gasteiger charge is -2.01. The molecule has 6 heteroatoms. The van der Waals surface area contributed by atoms with Crippen LogP contribution >= 0.6 is 15.9 Å². The number of esters is 1. The maximum atomic E-state index is 11.3. The van der Waals surface area contributed by atoms with Gasteiger partial charge in [0.25, 0.3) is 0 Å². The predicted octanol–water partition coefficient (Wildman–Crippen LogP) is 1.52. The molecule has 2 rings (SSSR count). The SMILES string of the molecule is COC(=O)c1cc(Br)c2nnn(C)c2c1. The Labute approximate surface area is 94.1 Å². The van der Waals surface area contributed by atoms with Crippen LogP contribution in [0.25, 0.3) is 11.0 Å². The first kappa shape index (κ1) is 10.1. The largest absolute Gasteiger partial charge is 0.465 e. The summed E-state index contributed by atoms with van der Waals surface area (Å²) in [4.78, 5) is 11.3. The van der Waals surface area contributed by atoms with E-state index >= 15 is 0 Å². The average molecular weight is 270 g/mol. The third-order valence-corrected chi connectivity index (χ3v) is 2.70. The third kappa shape index (κ3) is 1.61. The normalized spacial score (nSPS) is 10.6. The molecule has 0 aliphatic rings. The number of aryl methyl sites for hydroxylation is 1. The molecule has 0 aliphatic heterocycles. The van der Waals surface area contributed by atoms with Crippen molar-refractivity contribution in [1.82, 2.24) is 15.0 Å². The van der Waals surface area contributed by atoms with Crippen LogP contribution in [0, 0.1) is 0 Å². The van der Waals surface area contributed by atoms with Gasteiger partial charge in [-0.05, 0) is 28.1 Å². The van der Waals surface area contributed by atoms with E-state index in [0.29, 0.717) is 5.56 Å². The van der Waals surface area contributed by atoms with Crippen LogP contribution in [0.2, 0.25) is 0 Å². The van der Waals surface area contributed by atoms with Gasteiger partial charge in [0, 0.05) is 11.5 Å². The van der Waals surface area contributed by atoms with Gasteiger partial charge in [0.1, 0.15) is 5.52 Å². The molecule has 0 N–H and O–H groups in total. The van der Waals surface area contributed by atoms with Crippen molar-refractivity contribution in [3.05, 3.63) is 22.2 Å². The highest BCUT2D eigenvalue weighted by atomic mass is 79.9. The summed E-state index contributed by atoms with van der Waals surface area (Å²) in [5.41, 5.74) is 1.98. The van der Waals surface area contributed by atoms with Crippen LogP contribution in [-0.2, 0) is 11.8 Å². The summed E-state index contributed by atoms with van der Waals surface area (Å²) in [6.45, 7) is 0. The van der Waals surface area contributed by atoms with E-state index < -0.39 is 0 Å². The molecule has 78 valence electrons. The second-order valence-electron chi connectivity index (χ2n) is 3.03. The van der Waals surface area contributed by atoms with Crippen molar-refractivity contribution in [2.45, 2.75) is 0 Å². The summed E-state index contributed by atoms with van der Waals surface area (Å²) in [6.07, 6.45) is 0. The summed E-state index contributed by atoms with van der Waals surface area (Å²) in [5.74, 6) is -0.376. The van der Waals surface area contributed by atoms with Crippen LogP contribution in [0.5, 0.6) is 0 Å². The number of benzene rings is 1. The van der Waals surface area contributed by atoms with E-state index in [0.717, 1.165) is 15.5 Å². The molecule has 15 heavy (non-hydrogen) atoms. The molecule has 1 heterocycles. The number of carbonyl (C=O) groups excluding carboxylic acids is 1. The Morgan fingerprint density at radius 3 is 2.93 bits per heavy atom. The summed E-state index contributed by atoms with van der Waals surface area (Å²) >= 11 is 3.33. The Bertz CT molecular complexity index is 535. The lowest BCUT2D eigenvalue weighted by atomic mass is 10.2. The van der Waals surface area contributed by atoms with E-state index in [1.807, 2.05) is 0 Å². The minimum atomic E-state index is -0.376. The number of hydrogen-bond acceptors (Lipinski definition) is 4. The Balaban J connectivity index is 2.70. The smallest absolute Gasteiger partial charge is 0.337 e. The number of rotatable bonds is 1. The quantitative estimate of drug-likeness (QED) is 0.737. The molecule has 0 aliphatic carbocycles. The Morgan fingerprint density at radius 2 is 2.27 bits per heavy atom. The fourth-order valence-corrected chi connectivity index (χ4v) is 1.85. The van der Waals surface area contributed by atoms with Gasteiger partial charge in [-0.3, -0.25) is 0 Å². The molecule has 0 amide bonds. The number of carbonyl (C=O) groups is 1. The van der Waals surface area contributed by atoms with E-state index in [4.69, 9.17) is 0 Å². The summed E-state index contributed by atoms with van der Waals surface area (Å²) in [6, 6.07) is 3.37. The molecular weight excluding hydrogens is 262 g/mol. The molecule has 0 bridgehead atoms. The summed E-state index contributed by atoms with van der Waals surface area (Å²) < 4.78 is 6.98. The van der Waals surface area contributed by atoms with Crippen molar-refractivity contribution in [2.24, 2.45) is 7.05 Å². The molecule has 0 fully saturated rings. The second-order valence-corrected chi connectivity index (χ2v) is 3.88. The standard InChI is InChI=1S/C9H8BrN3O2/c1-13-7-4-5(9(14)15-2)3-6(10)8(7)11-12-13/h3-4H,1-2H3. The van der Waals surface area contributed by atoms with E-state index in [2.05, 4.69) is 31.0 Å². The molecule has 0 unspecified atom stereocenters. The fraction of sp³-hybridized carbons (Fsp3) is 0.222. The first-order chi connectivity index (χ1) is 7.13. The molecule has 1 aromatic carbocycles. The van der Waals surface area contributed by atoms with E-state index in [1.54, 1.807) is 23.9 Å². The lowest BCUT2D eigenvalue weighted by molar-refractivity contribution is 0.0601. The Morgan fingerprint density at radius 1 is 1.53 bits per heavy atom. The number of methoxy groups -OCH3 is 1. The molecule has 2 aromatic rings. The first-order valence-corrected chi connectivity index (χ1v) is 5.00. The van der Waals surface area contributed by atoms with E-state index in [9.17, 15) is 4.79 Å². The van der Waals surface area contributed by atoms with Crippen molar-refractivity contribution in [3.8, 4) is 0 Å². The second kappa shape index (κ2) is 3.62. The van der Waals surface area contributed by atoms with Gasteiger partial charge in [-0.15, -0.1) is 5.10 Å². The van der Waals surface area contributed by atoms with Crippen molar-refractivity contribution < 1.29 is 9.53 Å². The highest BCUT2D eigenvalue weighted by Gasteiger charge is 2.12. The zero-order valence-electron chi connectivity index (χ0n) is 8.19. The average Bonchev–Trinajstić information content (AvgIpc) is 2.60. The lowest BCUT2D eigenvalue weighted by Crippen LogP contribution is -2.01. The van der Waals surface area contributed by atoms with Crippen LogP contribution in [0.1, 0.15) is 10.4 Å². The van der Waals surface area contributed by atoms with Gasteiger partial charge < -0.3 is 4.74 Å². The fourth-order valence-electron chi connectivity index (χ4n) is 1.33. The van der Waals surface area contributed by atoms with Gasteiger partial charge in [-0.2, -0.15) is 0 Å². The van der Waals surface area contributed by atoms with Gasteiger partial charge in [0.05, 0.1) is 18.2 Å². The molecule has 1 aromatic heterocycles. The molecule has 0 saturated carbocycles. The topological polar surface area (TPSA) is 57.0 Å².